The van der Waals surface area contributed by atoms with Gasteiger partial charge in [0.05, 0.1) is 0 Å². The summed E-state index contributed by atoms with van der Waals surface area (Å²) in [5.74, 6) is 2.00. The molecule has 0 spiro atoms. The maximum atomic E-state index is 12.6. The van der Waals surface area contributed by atoms with Gasteiger partial charge in [0.2, 0.25) is 0 Å². The Labute approximate surface area is 120 Å². The predicted molar refractivity (Wildman–Crippen MR) is 78.9 cm³/mol. The third kappa shape index (κ3) is 2.86. The fourth-order valence-corrected chi connectivity index (χ4v) is 3.71. The number of carbonyl (C=O) groups is 1. The fourth-order valence-electron chi connectivity index (χ4n) is 3.32. The average molecular weight is 277 g/mol. The molecule has 0 amide bonds. The van der Waals surface area contributed by atoms with E-state index in [1.54, 1.807) is 0 Å². The van der Waals surface area contributed by atoms with Gasteiger partial charge in [-0.05, 0) is 43.1 Å². The van der Waals surface area contributed by atoms with Crippen molar-refractivity contribution in [1.29, 1.82) is 0 Å². The fraction of sp³-hybridized carbons (Fsp3) is 0.588. The maximum absolute atomic E-state index is 12.6. The molecule has 2 saturated carbocycles. The van der Waals surface area contributed by atoms with E-state index in [9.17, 15) is 4.79 Å². The van der Waals surface area contributed by atoms with Gasteiger partial charge < -0.3 is 0 Å². The third-order valence-corrected chi connectivity index (χ3v) is 5.05. The molecule has 3 rings (SSSR count). The van der Waals surface area contributed by atoms with Crippen LogP contribution in [0.5, 0.6) is 0 Å². The predicted octanol–water partition coefficient (Wildman–Crippen LogP) is 4.79. The number of benzene rings is 1. The number of ketones is 1. The van der Waals surface area contributed by atoms with Gasteiger partial charge in [-0.1, -0.05) is 37.1 Å². The van der Waals surface area contributed by atoms with E-state index in [2.05, 4.69) is 12.1 Å². The first-order valence-corrected chi connectivity index (χ1v) is 8.03. The zero-order valence-electron chi connectivity index (χ0n) is 11.3. The van der Waals surface area contributed by atoms with Gasteiger partial charge >= 0.3 is 0 Å². The van der Waals surface area contributed by atoms with E-state index in [0.29, 0.717) is 11.8 Å². The van der Waals surface area contributed by atoms with Crippen molar-refractivity contribution < 1.29 is 4.79 Å². The summed E-state index contributed by atoms with van der Waals surface area (Å²) >= 11 is 6.06. The van der Waals surface area contributed by atoms with Crippen molar-refractivity contribution in [2.45, 2.75) is 44.4 Å². The first-order chi connectivity index (χ1) is 9.29. The van der Waals surface area contributed by atoms with E-state index in [1.807, 2.05) is 12.1 Å². The Bertz CT molecular complexity index is 441. The van der Waals surface area contributed by atoms with Crippen LogP contribution in [0, 0.1) is 11.8 Å². The Hall–Kier alpha value is -0.820. The van der Waals surface area contributed by atoms with Crippen molar-refractivity contribution in [2.24, 2.45) is 11.8 Å². The van der Waals surface area contributed by atoms with E-state index in [0.717, 1.165) is 11.5 Å². The Balaban J connectivity index is 1.73. The van der Waals surface area contributed by atoms with Crippen LogP contribution in [0.15, 0.2) is 24.3 Å². The molecule has 1 atom stereocenters. The number of halogens is 1. The highest BCUT2D eigenvalue weighted by Gasteiger charge is 2.30. The molecule has 2 aliphatic rings. The van der Waals surface area contributed by atoms with Gasteiger partial charge in [0.25, 0.3) is 0 Å². The molecule has 1 nitrogen and oxygen atoms in total. The topological polar surface area (TPSA) is 17.1 Å². The highest BCUT2D eigenvalue weighted by molar-refractivity contribution is 6.20. The Kier molecular flexibility index (Phi) is 3.93. The molecular weight excluding hydrogens is 256 g/mol. The lowest BCUT2D eigenvalue weighted by Crippen LogP contribution is -2.24. The van der Waals surface area contributed by atoms with Crippen LogP contribution in [-0.2, 0) is 0 Å². The van der Waals surface area contributed by atoms with Crippen LogP contribution in [0.3, 0.4) is 0 Å². The van der Waals surface area contributed by atoms with Crippen LogP contribution in [-0.4, -0.2) is 11.7 Å². The molecule has 0 aliphatic heterocycles. The lowest BCUT2D eigenvalue weighted by atomic mass is 9.85. The summed E-state index contributed by atoms with van der Waals surface area (Å²) in [5, 5.41) is 0. The Morgan fingerprint density at radius 2 is 1.74 bits per heavy atom. The molecular formula is C17H21ClO. The molecule has 102 valence electrons. The summed E-state index contributed by atoms with van der Waals surface area (Å²) in [7, 11) is 0. The summed E-state index contributed by atoms with van der Waals surface area (Å²) in [6, 6.07) is 8.27. The van der Waals surface area contributed by atoms with Crippen LogP contribution < -0.4 is 0 Å². The summed E-state index contributed by atoms with van der Waals surface area (Å²) in [5.41, 5.74) is 2.24. The smallest absolute Gasteiger partial charge is 0.167 e. The van der Waals surface area contributed by atoms with Gasteiger partial charge in [0.15, 0.2) is 5.78 Å². The van der Waals surface area contributed by atoms with E-state index < -0.39 is 0 Å². The monoisotopic (exact) mass is 276 g/mol. The molecule has 1 unspecified atom stereocenters. The highest BCUT2D eigenvalue weighted by Crippen LogP contribution is 2.40. The number of rotatable bonds is 5. The summed E-state index contributed by atoms with van der Waals surface area (Å²) in [6.07, 6.45) is 7.46. The molecule has 0 saturated heterocycles. The van der Waals surface area contributed by atoms with E-state index in [-0.39, 0.29) is 11.7 Å². The molecule has 2 heteroatoms. The normalized spacial score (nSPS) is 21.5. The van der Waals surface area contributed by atoms with Gasteiger partial charge in [0, 0.05) is 17.4 Å². The van der Waals surface area contributed by atoms with Gasteiger partial charge in [-0.2, -0.15) is 0 Å². The lowest BCUT2D eigenvalue weighted by molar-refractivity contribution is 0.0891. The van der Waals surface area contributed by atoms with Gasteiger partial charge in [0.1, 0.15) is 0 Å². The van der Waals surface area contributed by atoms with Crippen molar-refractivity contribution in [3.05, 3.63) is 35.4 Å². The van der Waals surface area contributed by atoms with Crippen LogP contribution in [0.4, 0.5) is 0 Å². The molecule has 0 N–H and O–H groups in total. The third-order valence-electron chi connectivity index (χ3n) is 4.72. The number of hydrogen-bond acceptors (Lipinski definition) is 1. The van der Waals surface area contributed by atoms with Gasteiger partial charge in [-0.3, -0.25) is 4.79 Å². The van der Waals surface area contributed by atoms with Gasteiger partial charge in [-0.15, -0.1) is 11.6 Å². The number of carbonyl (C=O) groups excluding carboxylic acids is 1. The molecule has 0 radical (unpaired) electrons. The van der Waals surface area contributed by atoms with Crippen LogP contribution >= 0.6 is 11.6 Å². The second-order valence-corrected chi connectivity index (χ2v) is 6.37. The molecule has 1 aromatic rings. The van der Waals surface area contributed by atoms with E-state index >= 15 is 0 Å². The van der Waals surface area contributed by atoms with Crippen LogP contribution in [0.2, 0.25) is 0 Å². The molecule has 2 fully saturated rings. The van der Waals surface area contributed by atoms with Crippen molar-refractivity contribution >= 4 is 17.4 Å². The van der Waals surface area contributed by atoms with Crippen molar-refractivity contribution in [3.8, 4) is 0 Å². The van der Waals surface area contributed by atoms with Crippen molar-refractivity contribution in [2.75, 3.05) is 5.88 Å². The molecule has 19 heavy (non-hydrogen) atoms. The quantitative estimate of drug-likeness (QED) is 0.558. The summed E-state index contributed by atoms with van der Waals surface area (Å²) in [6.45, 7) is 0. The van der Waals surface area contributed by atoms with Crippen molar-refractivity contribution in [1.82, 2.24) is 0 Å². The first kappa shape index (κ1) is 13.2. The van der Waals surface area contributed by atoms with Gasteiger partial charge in [-0.25, -0.2) is 0 Å². The SMILES string of the molecule is O=C(c1ccc(C2CC2)cc1)C(CCl)C1CCCC1. The number of Topliss-reactive ketones (excluding diaryl/α,β-unsaturated/α-hetero) is 1. The number of hydrogen-bond donors (Lipinski definition) is 0. The maximum Gasteiger partial charge on any atom is 0.167 e. The van der Waals surface area contributed by atoms with Crippen LogP contribution in [0.1, 0.15) is 60.4 Å². The minimum Gasteiger partial charge on any atom is -0.294 e. The minimum atomic E-state index is 0.0240. The Morgan fingerprint density at radius 3 is 2.26 bits per heavy atom. The minimum absolute atomic E-state index is 0.0240. The second kappa shape index (κ2) is 5.66. The van der Waals surface area contributed by atoms with E-state index in [1.165, 1.54) is 44.1 Å². The molecule has 0 heterocycles. The molecule has 0 aromatic heterocycles. The van der Waals surface area contributed by atoms with Crippen LogP contribution in [0.25, 0.3) is 0 Å². The summed E-state index contributed by atoms with van der Waals surface area (Å²) in [4.78, 5) is 12.6. The lowest BCUT2D eigenvalue weighted by Gasteiger charge is -2.19. The second-order valence-electron chi connectivity index (χ2n) is 6.07. The van der Waals surface area contributed by atoms with E-state index in [4.69, 9.17) is 11.6 Å². The Morgan fingerprint density at radius 1 is 1.11 bits per heavy atom. The molecule has 2 aliphatic carbocycles. The summed E-state index contributed by atoms with van der Waals surface area (Å²) < 4.78 is 0. The average Bonchev–Trinajstić information content (AvgIpc) is 3.17. The highest BCUT2D eigenvalue weighted by atomic mass is 35.5. The standard InChI is InChI=1S/C17H21ClO/c18-11-16(14-3-1-2-4-14)17(19)15-9-7-13(8-10-15)12-5-6-12/h7-10,12,14,16H,1-6,11H2. The largest absolute Gasteiger partial charge is 0.294 e. The zero-order chi connectivity index (χ0) is 13.2. The first-order valence-electron chi connectivity index (χ1n) is 7.49. The number of alkyl halides is 1. The zero-order valence-corrected chi connectivity index (χ0v) is 12.0. The van der Waals surface area contributed by atoms with Crippen molar-refractivity contribution in [3.63, 3.8) is 0 Å². The molecule has 1 aromatic carbocycles. The molecule has 0 bridgehead atoms.